The molecule has 0 aromatic carbocycles. The molecule has 1 aromatic rings. The molecule has 0 radical (unpaired) electrons. The van der Waals surface area contributed by atoms with E-state index in [1.165, 1.54) is 6.07 Å². The highest BCUT2D eigenvalue weighted by molar-refractivity contribution is 6.01. The van der Waals surface area contributed by atoms with Crippen molar-refractivity contribution in [1.82, 2.24) is 10.3 Å². The summed E-state index contributed by atoms with van der Waals surface area (Å²) < 4.78 is 0. The molecule has 1 atom stereocenters. The van der Waals surface area contributed by atoms with E-state index in [1.807, 2.05) is 27.7 Å². The number of pyridine rings is 1. The molecular formula is C15H20N2O3. The number of rotatable bonds is 1. The predicted molar refractivity (Wildman–Crippen MR) is 76.1 cm³/mol. The lowest BCUT2D eigenvalue weighted by atomic mass is 9.86. The number of carbonyl (C=O) groups is 2. The van der Waals surface area contributed by atoms with Gasteiger partial charge in [0.25, 0.3) is 11.5 Å². The van der Waals surface area contributed by atoms with Gasteiger partial charge < -0.3 is 10.3 Å². The molecule has 2 N–H and O–H groups in total. The van der Waals surface area contributed by atoms with Crippen LogP contribution in [0.5, 0.6) is 0 Å². The van der Waals surface area contributed by atoms with Crippen LogP contribution in [-0.4, -0.2) is 22.2 Å². The summed E-state index contributed by atoms with van der Waals surface area (Å²) in [6.45, 7) is 7.48. The molecule has 2 rings (SSSR count). The van der Waals surface area contributed by atoms with Gasteiger partial charge in [-0.1, -0.05) is 6.92 Å². The van der Waals surface area contributed by atoms with Gasteiger partial charge in [-0.05, 0) is 39.2 Å². The fourth-order valence-electron chi connectivity index (χ4n) is 2.40. The molecule has 5 heteroatoms. The number of fused-ring (bicyclic) bond motifs is 1. The van der Waals surface area contributed by atoms with E-state index in [-0.39, 0.29) is 17.3 Å². The van der Waals surface area contributed by atoms with Gasteiger partial charge in [0, 0.05) is 23.2 Å². The second kappa shape index (κ2) is 4.89. The molecule has 1 aliphatic carbocycles. The van der Waals surface area contributed by atoms with E-state index in [0.29, 0.717) is 24.1 Å². The topological polar surface area (TPSA) is 79.0 Å². The van der Waals surface area contributed by atoms with Crippen LogP contribution < -0.4 is 10.9 Å². The highest BCUT2D eigenvalue weighted by Gasteiger charge is 2.26. The monoisotopic (exact) mass is 276 g/mol. The summed E-state index contributed by atoms with van der Waals surface area (Å²) in [4.78, 5) is 38.8. The van der Waals surface area contributed by atoms with Crippen molar-refractivity contribution in [2.45, 2.75) is 46.1 Å². The molecule has 0 spiro atoms. The van der Waals surface area contributed by atoms with E-state index in [9.17, 15) is 14.4 Å². The third kappa shape index (κ3) is 2.98. The van der Waals surface area contributed by atoms with Crippen molar-refractivity contribution < 1.29 is 9.59 Å². The van der Waals surface area contributed by atoms with Gasteiger partial charge in [0.2, 0.25) is 0 Å². The molecule has 1 amide bonds. The highest BCUT2D eigenvalue weighted by atomic mass is 16.2. The van der Waals surface area contributed by atoms with Crippen molar-refractivity contribution in [3.05, 3.63) is 33.2 Å². The Morgan fingerprint density at radius 1 is 1.30 bits per heavy atom. The Kier molecular flexibility index (Phi) is 3.54. The van der Waals surface area contributed by atoms with Crippen molar-refractivity contribution in [2.24, 2.45) is 5.92 Å². The number of hydrogen-bond acceptors (Lipinski definition) is 3. The van der Waals surface area contributed by atoms with Crippen LogP contribution >= 0.6 is 0 Å². The van der Waals surface area contributed by atoms with Gasteiger partial charge in [-0.3, -0.25) is 14.4 Å². The van der Waals surface area contributed by atoms with Crippen LogP contribution in [0.15, 0.2) is 10.9 Å². The normalized spacial score (nSPS) is 18.6. The molecule has 108 valence electrons. The lowest BCUT2D eigenvalue weighted by Crippen LogP contribution is -2.43. The van der Waals surface area contributed by atoms with Crippen molar-refractivity contribution in [2.75, 3.05) is 0 Å². The summed E-state index contributed by atoms with van der Waals surface area (Å²) in [5, 5.41) is 2.74. The van der Waals surface area contributed by atoms with E-state index in [4.69, 9.17) is 0 Å². The van der Waals surface area contributed by atoms with E-state index < -0.39 is 17.0 Å². The first-order chi connectivity index (χ1) is 9.17. The van der Waals surface area contributed by atoms with E-state index in [1.54, 1.807) is 0 Å². The molecule has 0 saturated heterocycles. The molecule has 1 aromatic heterocycles. The van der Waals surface area contributed by atoms with Crippen LogP contribution in [0.3, 0.4) is 0 Å². The first kappa shape index (κ1) is 14.5. The maximum Gasteiger partial charge on any atom is 0.261 e. The molecule has 20 heavy (non-hydrogen) atoms. The number of amides is 1. The van der Waals surface area contributed by atoms with Crippen LogP contribution in [0.4, 0.5) is 0 Å². The Bertz CT molecular complexity index is 623. The largest absolute Gasteiger partial charge is 0.347 e. The van der Waals surface area contributed by atoms with Gasteiger partial charge in [-0.25, -0.2) is 0 Å². The van der Waals surface area contributed by atoms with Gasteiger partial charge in [0.05, 0.1) is 0 Å². The first-order valence-electron chi connectivity index (χ1n) is 6.79. The zero-order chi connectivity index (χ0) is 15.1. The van der Waals surface area contributed by atoms with Crippen molar-refractivity contribution in [1.29, 1.82) is 0 Å². The second-order valence-electron chi connectivity index (χ2n) is 6.55. The average molecular weight is 276 g/mol. The summed E-state index contributed by atoms with van der Waals surface area (Å²) in [6.07, 6.45) is 1.12. The van der Waals surface area contributed by atoms with Gasteiger partial charge >= 0.3 is 0 Å². The molecule has 0 saturated carbocycles. The van der Waals surface area contributed by atoms with E-state index >= 15 is 0 Å². The number of aromatic amines is 1. The molecular weight excluding hydrogens is 256 g/mol. The number of nitrogens with one attached hydrogen (secondary N) is 2. The quantitative estimate of drug-likeness (QED) is 0.819. The van der Waals surface area contributed by atoms with Gasteiger partial charge in [-0.2, -0.15) is 0 Å². The minimum absolute atomic E-state index is 0.00146. The SMILES string of the molecule is CC1CC(=O)c2cc(C(=O)NC(C)(C)C)c(=O)[nH]c2C1. The number of aromatic nitrogens is 1. The minimum Gasteiger partial charge on any atom is -0.347 e. The lowest BCUT2D eigenvalue weighted by Gasteiger charge is -2.22. The Balaban J connectivity index is 2.43. The van der Waals surface area contributed by atoms with Gasteiger partial charge in [0.1, 0.15) is 5.56 Å². The third-order valence-corrected chi connectivity index (χ3v) is 3.24. The Hall–Kier alpha value is -1.91. The van der Waals surface area contributed by atoms with E-state index in [0.717, 1.165) is 0 Å². The molecule has 1 aliphatic rings. The predicted octanol–water partition coefficient (Wildman–Crippen LogP) is 1.67. The Morgan fingerprint density at radius 2 is 1.95 bits per heavy atom. The molecule has 0 bridgehead atoms. The summed E-state index contributed by atoms with van der Waals surface area (Å²) in [7, 11) is 0. The standard InChI is InChI=1S/C15H20N2O3/c1-8-5-11-9(12(18)6-8)7-10(13(19)16-11)14(20)17-15(2,3)4/h7-8H,5-6H2,1-4H3,(H,16,19)(H,17,20). The fraction of sp³-hybridized carbons (Fsp3) is 0.533. The second-order valence-corrected chi connectivity index (χ2v) is 6.55. The highest BCUT2D eigenvalue weighted by Crippen LogP contribution is 2.23. The van der Waals surface area contributed by atoms with Crippen LogP contribution in [0.25, 0.3) is 0 Å². The lowest BCUT2D eigenvalue weighted by molar-refractivity contribution is 0.0918. The summed E-state index contributed by atoms with van der Waals surface area (Å²) in [5.41, 5.74) is 0.250. The number of ketones is 1. The zero-order valence-electron chi connectivity index (χ0n) is 12.3. The zero-order valence-corrected chi connectivity index (χ0v) is 12.3. The molecule has 0 aliphatic heterocycles. The van der Waals surface area contributed by atoms with Crippen LogP contribution in [-0.2, 0) is 6.42 Å². The van der Waals surface area contributed by atoms with Gasteiger partial charge in [-0.15, -0.1) is 0 Å². The Labute approximate surface area is 117 Å². The number of carbonyl (C=O) groups excluding carboxylic acids is 2. The molecule has 1 heterocycles. The summed E-state index contributed by atoms with van der Waals surface area (Å²) in [6, 6.07) is 1.43. The summed E-state index contributed by atoms with van der Waals surface area (Å²) >= 11 is 0. The number of Topliss-reactive ketones (excluding diaryl/α,β-unsaturated/α-hetero) is 1. The molecule has 0 fully saturated rings. The Morgan fingerprint density at radius 3 is 2.55 bits per heavy atom. The first-order valence-corrected chi connectivity index (χ1v) is 6.79. The van der Waals surface area contributed by atoms with Crippen molar-refractivity contribution >= 4 is 11.7 Å². The van der Waals surface area contributed by atoms with Crippen molar-refractivity contribution in [3.8, 4) is 0 Å². The van der Waals surface area contributed by atoms with Crippen LogP contribution in [0.2, 0.25) is 0 Å². The molecule has 5 nitrogen and oxygen atoms in total. The van der Waals surface area contributed by atoms with Gasteiger partial charge in [0.15, 0.2) is 5.78 Å². The molecule has 1 unspecified atom stereocenters. The van der Waals surface area contributed by atoms with Crippen LogP contribution in [0.1, 0.15) is 60.5 Å². The van der Waals surface area contributed by atoms with Crippen molar-refractivity contribution in [3.63, 3.8) is 0 Å². The number of hydrogen-bond donors (Lipinski definition) is 2. The summed E-state index contributed by atoms with van der Waals surface area (Å²) in [5.74, 6) is -0.243. The maximum atomic E-state index is 12.1. The smallest absolute Gasteiger partial charge is 0.261 e. The van der Waals surface area contributed by atoms with Crippen LogP contribution in [0, 0.1) is 5.92 Å². The third-order valence-electron chi connectivity index (χ3n) is 3.24. The fourth-order valence-corrected chi connectivity index (χ4v) is 2.40. The average Bonchev–Trinajstić information content (AvgIpc) is 2.24. The number of H-pyrrole nitrogens is 1. The minimum atomic E-state index is -0.451. The maximum absolute atomic E-state index is 12.1. The van der Waals surface area contributed by atoms with E-state index in [2.05, 4.69) is 10.3 Å².